The third kappa shape index (κ3) is 3.74. The summed E-state index contributed by atoms with van der Waals surface area (Å²) >= 11 is 7.68. The molecule has 0 bridgehead atoms. The number of piperazine rings is 1. The Balaban J connectivity index is 1.41. The lowest BCUT2D eigenvalue weighted by atomic mass is 10.1. The maximum atomic E-state index is 11.8. The quantitative estimate of drug-likeness (QED) is 0.612. The molecule has 0 spiro atoms. The molecule has 0 aliphatic carbocycles. The second kappa shape index (κ2) is 7.50. The average Bonchev–Trinajstić information content (AvgIpc) is 3.32. The number of halogens is 1. The van der Waals surface area contributed by atoms with Crippen LogP contribution in [0.15, 0.2) is 36.0 Å². The van der Waals surface area contributed by atoms with Crippen molar-refractivity contribution in [1.82, 2.24) is 14.9 Å². The smallest absolute Gasteiger partial charge is 0.151 e. The third-order valence-electron chi connectivity index (χ3n) is 5.84. The van der Waals surface area contributed by atoms with E-state index in [-0.39, 0.29) is 6.04 Å². The number of hydrogen-bond acceptors (Lipinski definition) is 7. The van der Waals surface area contributed by atoms with Gasteiger partial charge >= 0.3 is 0 Å². The van der Waals surface area contributed by atoms with E-state index in [0.29, 0.717) is 11.5 Å². The largest absolute Gasteiger partial charge is 0.353 e. The van der Waals surface area contributed by atoms with Gasteiger partial charge in [0, 0.05) is 48.2 Å². The molecule has 2 fully saturated rings. The molecule has 9 heteroatoms. The molecule has 3 aromatic rings. The number of thiophene rings is 1. The molecule has 0 amide bonds. The van der Waals surface area contributed by atoms with E-state index in [1.807, 2.05) is 24.3 Å². The fraction of sp³-hybridized carbons (Fsp3) is 0.400. The SMILES string of the molecule is O=S1(=O)CCC(N2CCN(c3ncnc4scc(-c5ccc(Cl)cc5)c34)CC2)C1. The number of aromatic nitrogens is 2. The van der Waals surface area contributed by atoms with E-state index in [2.05, 4.69) is 25.1 Å². The van der Waals surface area contributed by atoms with Crippen LogP contribution in [-0.4, -0.2) is 67.0 Å². The van der Waals surface area contributed by atoms with E-state index in [1.54, 1.807) is 17.7 Å². The molecule has 0 saturated carbocycles. The van der Waals surface area contributed by atoms with E-state index in [0.717, 1.165) is 64.8 Å². The first-order valence-electron chi connectivity index (χ1n) is 9.68. The van der Waals surface area contributed by atoms with Crippen molar-refractivity contribution in [3.05, 3.63) is 41.0 Å². The molecule has 0 radical (unpaired) electrons. The van der Waals surface area contributed by atoms with Crippen molar-refractivity contribution in [2.75, 3.05) is 42.6 Å². The molecule has 1 atom stereocenters. The summed E-state index contributed by atoms with van der Waals surface area (Å²) in [4.78, 5) is 14.7. The van der Waals surface area contributed by atoms with E-state index in [1.165, 1.54) is 0 Å². The van der Waals surface area contributed by atoms with Crippen LogP contribution in [0.1, 0.15) is 6.42 Å². The van der Waals surface area contributed by atoms with E-state index in [9.17, 15) is 8.42 Å². The Hall–Kier alpha value is -1.74. The summed E-state index contributed by atoms with van der Waals surface area (Å²) in [6.45, 7) is 3.37. The second-order valence-electron chi connectivity index (χ2n) is 7.61. The number of fused-ring (bicyclic) bond motifs is 1. The zero-order valence-corrected chi connectivity index (χ0v) is 18.2. The number of rotatable bonds is 3. The Morgan fingerprint density at radius 2 is 1.83 bits per heavy atom. The maximum absolute atomic E-state index is 11.8. The van der Waals surface area contributed by atoms with Crippen LogP contribution in [0, 0.1) is 0 Å². The number of hydrogen-bond donors (Lipinski definition) is 0. The van der Waals surface area contributed by atoms with Crippen molar-refractivity contribution in [3.8, 4) is 11.1 Å². The first-order chi connectivity index (χ1) is 14.0. The van der Waals surface area contributed by atoms with Gasteiger partial charge in [0.2, 0.25) is 0 Å². The monoisotopic (exact) mass is 448 g/mol. The summed E-state index contributed by atoms with van der Waals surface area (Å²) in [5.74, 6) is 1.58. The molecule has 2 aliphatic heterocycles. The van der Waals surface area contributed by atoms with Gasteiger partial charge in [-0.15, -0.1) is 11.3 Å². The minimum absolute atomic E-state index is 0.165. The number of nitrogens with zero attached hydrogens (tertiary/aromatic N) is 4. The van der Waals surface area contributed by atoms with Crippen molar-refractivity contribution >= 4 is 48.8 Å². The number of benzene rings is 1. The third-order valence-corrected chi connectivity index (χ3v) is 8.73. The van der Waals surface area contributed by atoms with E-state index < -0.39 is 9.84 Å². The first-order valence-corrected chi connectivity index (χ1v) is 12.8. The lowest BCUT2D eigenvalue weighted by molar-refractivity contribution is 0.200. The van der Waals surface area contributed by atoms with Gasteiger partial charge in [0.1, 0.15) is 17.0 Å². The summed E-state index contributed by atoms with van der Waals surface area (Å²) in [6.07, 6.45) is 2.39. The van der Waals surface area contributed by atoms with Crippen LogP contribution in [0.2, 0.25) is 5.02 Å². The zero-order valence-electron chi connectivity index (χ0n) is 15.8. The summed E-state index contributed by atoms with van der Waals surface area (Å²) in [7, 11) is -2.86. The van der Waals surface area contributed by atoms with Crippen LogP contribution in [0.4, 0.5) is 5.82 Å². The van der Waals surface area contributed by atoms with Gasteiger partial charge in [-0.05, 0) is 24.1 Å². The Kier molecular flexibility index (Phi) is 4.98. The Labute approximate surface area is 179 Å². The summed E-state index contributed by atoms with van der Waals surface area (Å²) in [5, 5.41) is 3.93. The maximum Gasteiger partial charge on any atom is 0.151 e. The predicted octanol–water partition coefficient (Wildman–Crippen LogP) is 3.32. The van der Waals surface area contributed by atoms with Gasteiger partial charge in [0.25, 0.3) is 0 Å². The molecule has 4 heterocycles. The van der Waals surface area contributed by atoms with Gasteiger partial charge < -0.3 is 4.90 Å². The Morgan fingerprint density at radius 1 is 1.07 bits per heavy atom. The molecular formula is C20H21ClN4O2S2. The van der Waals surface area contributed by atoms with Crippen LogP contribution >= 0.6 is 22.9 Å². The average molecular weight is 449 g/mol. The van der Waals surface area contributed by atoms with E-state index in [4.69, 9.17) is 11.6 Å². The highest BCUT2D eigenvalue weighted by atomic mass is 35.5. The fourth-order valence-corrected chi connectivity index (χ4v) is 7.10. The van der Waals surface area contributed by atoms with Gasteiger partial charge in [-0.3, -0.25) is 4.90 Å². The van der Waals surface area contributed by atoms with Crippen LogP contribution in [0.5, 0.6) is 0 Å². The molecule has 2 saturated heterocycles. The van der Waals surface area contributed by atoms with Gasteiger partial charge in [0.05, 0.1) is 16.9 Å². The Morgan fingerprint density at radius 3 is 2.52 bits per heavy atom. The topological polar surface area (TPSA) is 66.4 Å². The molecule has 0 N–H and O–H groups in total. The molecular weight excluding hydrogens is 428 g/mol. The zero-order chi connectivity index (χ0) is 20.0. The van der Waals surface area contributed by atoms with Crippen LogP contribution in [0.25, 0.3) is 21.3 Å². The van der Waals surface area contributed by atoms with Gasteiger partial charge in [-0.2, -0.15) is 0 Å². The molecule has 2 aromatic heterocycles. The van der Waals surface area contributed by atoms with Gasteiger partial charge in [0.15, 0.2) is 9.84 Å². The second-order valence-corrected chi connectivity index (χ2v) is 11.1. The van der Waals surface area contributed by atoms with Crippen molar-refractivity contribution in [3.63, 3.8) is 0 Å². The molecule has 29 heavy (non-hydrogen) atoms. The highest BCUT2D eigenvalue weighted by Gasteiger charge is 2.34. The standard InChI is InChI=1S/C20H21ClN4O2S2/c21-15-3-1-14(2-4-15)17-11-28-20-18(17)19(22-13-23-20)25-8-6-24(7-9-25)16-5-10-29(26,27)12-16/h1-4,11,13,16H,5-10,12H2. The van der Waals surface area contributed by atoms with Crippen molar-refractivity contribution in [2.45, 2.75) is 12.5 Å². The predicted molar refractivity (Wildman–Crippen MR) is 119 cm³/mol. The minimum Gasteiger partial charge on any atom is -0.353 e. The van der Waals surface area contributed by atoms with E-state index >= 15 is 0 Å². The summed E-state index contributed by atoms with van der Waals surface area (Å²) < 4.78 is 23.6. The highest BCUT2D eigenvalue weighted by molar-refractivity contribution is 7.91. The summed E-state index contributed by atoms with van der Waals surface area (Å²) in [5.41, 5.74) is 2.23. The fourth-order valence-electron chi connectivity index (χ4n) is 4.30. The lowest BCUT2D eigenvalue weighted by Gasteiger charge is -2.38. The van der Waals surface area contributed by atoms with Gasteiger partial charge in [-0.25, -0.2) is 18.4 Å². The van der Waals surface area contributed by atoms with Crippen LogP contribution < -0.4 is 4.90 Å². The molecule has 2 aliphatic rings. The minimum atomic E-state index is -2.86. The highest BCUT2D eigenvalue weighted by Crippen LogP contribution is 2.38. The first kappa shape index (κ1) is 19.2. The van der Waals surface area contributed by atoms with Crippen molar-refractivity contribution in [2.24, 2.45) is 0 Å². The molecule has 5 rings (SSSR count). The van der Waals surface area contributed by atoms with Crippen molar-refractivity contribution in [1.29, 1.82) is 0 Å². The van der Waals surface area contributed by atoms with Crippen LogP contribution in [-0.2, 0) is 9.84 Å². The molecule has 1 unspecified atom stereocenters. The normalized spacial score (nSPS) is 22.4. The number of sulfone groups is 1. The summed E-state index contributed by atoms with van der Waals surface area (Å²) in [6, 6.07) is 8.02. The number of anilines is 1. The van der Waals surface area contributed by atoms with Crippen molar-refractivity contribution < 1.29 is 8.42 Å². The molecule has 152 valence electrons. The van der Waals surface area contributed by atoms with Gasteiger partial charge in [-0.1, -0.05) is 23.7 Å². The lowest BCUT2D eigenvalue weighted by Crippen LogP contribution is -2.51. The van der Waals surface area contributed by atoms with Crippen LogP contribution in [0.3, 0.4) is 0 Å². The molecule has 6 nitrogen and oxygen atoms in total. The molecule has 1 aromatic carbocycles. The Bertz CT molecular complexity index is 1140.